The molecule has 0 radical (unpaired) electrons. The molecule has 2 amide bonds. The molecule has 0 bridgehead atoms. The van der Waals surface area contributed by atoms with E-state index in [1.54, 1.807) is 6.07 Å². The second-order valence-corrected chi connectivity index (χ2v) is 8.21. The van der Waals surface area contributed by atoms with Gasteiger partial charge in [0.15, 0.2) is 0 Å². The van der Waals surface area contributed by atoms with Crippen LogP contribution in [-0.4, -0.2) is 42.3 Å². The van der Waals surface area contributed by atoms with Gasteiger partial charge in [-0.05, 0) is 43.4 Å². The van der Waals surface area contributed by atoms with Crippen LogP contribution in [-0.2, 0) is 4.79 Å². The zero-order valence-electron chi connectivity index (χ0n) is 16.9. The lowest BCUT2D eigenvalue weighted by molar-refractivity contribution is -0.121. The zero-order valence-corrected chi connectivity index (χ0v) is 17.7. The maximum Gasteiger partial charge on any atom is 0.258 e. The third kappa shape index (κ3) is 4.48. The minimum absolute atomic E-state index is 0.0585. The van der Waals surface area contributed by atoms with Crippen molar-refractivity contribution < 1.29 is 14.0 Å². The molecule has 1 heterocycles. The summed E-state index contributed by atoms with van der Waals surface area (Å²) in [6.07, 6.45) is 3.95. The van der Waals surface area contributed by atoms with Crippen LogP contribution < -0.4 is 16.8 Å². The number of nitrogens with one attached hydrogen (secondary N) is 1. The third-order valence-corrected chi connectivity index (χ3v) is 5.77. The van der Waals surface area contributed by atoms with Crippen LogP contribution in [0.3, 0.4) is 0 Å². The number of rotatable bonds is 6. The summed E-state index contributed by atoms with van der Waals surface area (Å²) in [5.74, 6) is -0.700. The summed E-state index contributed by atoms with van der Waals surface area (Å²) in [7, 11) is 3.05. The maximum atomic E-state index is 15.1. The Morgan fingerprint density at radius 2 is 2.03 bits per heavy atom. The highest BCUT2D eigenvalue weighted by molar-refractivity contribution is 6.33. The first-order valence-electron chi connectivity index (χ1n) is 9.67. The van der Waals surface area contributed by atoms with Gasteiger partial charge in [-0.2, -0.15) is 0 Å². The first-order chi connectivity index (χ1) is 14.2. The topological polar surface area (TPSA) is 114 Å². The van der Waals surface area contributed by atoms with Gasteiger partial charge in [0, 0.05) is 49.6 Å². The van der Waals surface area contributed by atoms with E-state index >= 15 is 4.39 Å². The molecule has 7 nitrogen and oxygen atoms in total. The number of nitrogens with two attached hydrogens (primary N) is 2. The van der Waals surface area contributed by atoms with Crippen molar-refractivity contribution >= 4 is 34.9 Å². The molecule has 1 saturated carbocycles. The molecule has 0 aliphatic heterocycles. The van der Waals surface area contributed by atoms with Crippen molar-refractivity contribution in [1.82, 2.24) is 9.88 Å². The van der Waals surface area contributed by atoms with Crippen molar-refractivity contribution in [2.75, 3.05) is 31.7 Å². The van der Waals surface area contributed by atoms with Crippen LogP contribution in [0.1, 0.15) is 29.6 Å². The van der Waals surface area contributed by atoms with Crippen molar-refractivity contribution in [1.29, 1.82) is 0 Å². The molecule has 1 aromatic carbocycles. The van der Waals surface area contributed by atoms with Crippen molar-refractivity contribution in [3.63, 3.8) is 0 Å². The van der Waals surface area contributed by atoms with Gasteiger partial charge in [-0.15, -0.1) is 0 Å². The van der Waals surface area contributed by atoms with Crippen LogP contribution in [0.15, 0.2) is 24.4 Å². The summed E-state index contributed by atoms with van der Waals surface area (Å²) in [5.41, 5.74) is 11.6. The minimum atomic E-state index is -0.735. The summed E-state index contributed by atoms with van der Waals surface area (Å²) in [6, 6.07) is 4.57. The number of pyridine rings is 1. The fourth-order valence-electron chi connectivity index (χ4n) is 3.73. The molecule has 1 fully saturated rings. The number of primary amides is 1. The summed E-state index contributed by atoms with van der Waals surface area (Å²) in [4.78, 5) is 29.2. The predicted molar refractivity (Wildman–Crippen MR) is 116 cm³/mol. The summed E-state index contributed by atoms with van der Waals surface area (Å²) < 4.78 is 15.1. The Bertz CT molecular complexity index is 982. The SMILES string of the molecule is CN(C)C(=O)c1c(N)ccc(-c2cnc(NCC3CCC(C(N)=O)C3)cc2Cl)c1F. The van der Waals surface area contributed by atoms with Crippen molar-refractivity contribution in [3.8, 4) is 11.1 Å². The van der Waals surface area contributed by atoms with Crippen molar-refractivity contribution in [2.24, 2.45) is 17.6 Å². The first-order valence-corrected chi connectivity index (χ1v) is 10.1. The highest BCUT2D eigenvalue weighted by Crippen LogP contribution is 2.35. The second-order valence-electron chi connectivity index (χ2n) is 7.80. The number of halogens is 2. The number of anilines is 2. The Morgan fingerprint density at radius 3 is 2.63 bits per heavy atom. The van der Waals surface area contributed by atoms with Crippen LogP contribution in [0.25, 0.3) is 11.1 Å². The van der Waals surface area contributed by atoms with Gasteiger partial charge in [0.25, 0.3) is 5.91 Å². The van der Waals surface area contributed by atoms with Gasteiger partial charge >= 0.3 is 0 Å². The number of aromatic nitrogens is 1. The monoisotopic (exact) mass is 433 g/mol. The zero-order chi connectivity index (χ0) is 22.0. The van der Waals surface area contributed by atoms with E-state index in [-0.39, 0.29) is 28.6 Å². The fraction of sp³-hybridized carbons (Fsp3) is 0.381. The molecule has 2 unspecified atom stereocenters. The first kappa shape index (κ1) is 21.8. The second kappa shape index (κ2) is 8.87. The van der Waals surface area contributed by atoms with Crippen molar-refractivity contribution in [2.45, 2.75) is 19.3 Å². The molecule has 30 heavy (non-hydrogen) atoms. The molecule has 2 aromatic rings. The van der Waals surface area contributed by atoms with E-state index in [1.807, 2.05) is 0 Å². The van der Waals surface area contributed by atoms with E-state index in [4.69, 9.17) is 23.1 Å². The van der Waals surface area contributed by atoms with E-state index in [1.165, 1.54) is 37.3 Å². The third-order valence-electron chi connectivity index (χ3n) is 5.45. The average molecular weight is 434 g/mol. The molecule has 9 heteroatoms. The van der Waals surface area contributed by atoms with Crippen LogP contribution in [0.5, 0.6) is 0 Å². The number of benzene rings is 1. The van der Waals surface area contributed by atoms with Crippen LogP contribution in [0, 0.1) is 17.7 Å². The number of nitrogens with zero attached hydrogens (tertiary/aromatic N) is 2. The lowest BCUT2D eigenvalue weighted by Gasteiger charge is -2.16. The molecular weight excluding hydrogens is 409 g/mol. The standard InChI is InChI=1S/C21H25ClFN5O2/c1-28(2)21(30)18-16(24)6-5-13(19(18)23)14-10-27-17(8-15(14)22)26-9-11-3-4-12(7-11)20(25)29/h5-6,8,10-12H,3-4,7,9,24H2,1-2H3,(H2,25,29)(H,26,27). The molecule has 1 aliphatic rings. The van der Waals surface area contributed by atoms with Gasteiger partial charge in [0.1, 0.15) is 11.6 Å². The Hall–Kier alpha value is -2.87. The Morgan fingerprint density at radius 1 is 1.30 bits per heavy atom. The number of carbonyl (C=O) groups is 2. The lowest BCUT2D eigenvalue weighted by Crippen LogP contribution is -2.24. The van der Waals surface area contributed by atoms with E-state index in [9.17, 15) is 9.59 Å². The minimum Gasteiger partial charge on any atom is -0.398 e. The summed E-state index contributed by atoms with van der Waals surface area (Å²) >= 11 is 6.40. The molecule has 5 N–H and O–H groups in total. The quantitative estimate of drug-likeness (QED) is 0.605. The van der Waals surface area contributed by atoms with Gasteiger partial charge in [0.2, 0.25) is 5.91 Å². The van der Waals surface area contributed by atoms with E-state index < -0.39 is 11.7 Å². The summed E-state index contributed by atoms with van der Waals surface area (Å²) in [5, 5.41) is 3.50. The van der Waals surface area contributed by atoms with E-state index in [0.717, 1.165) is 19.3 Å². The molecule has 160 valence electrons. The normalized spacial score (nSPS) is 18.3. The van der Waals surface area contributed by atoms with Crippen LogP contribution in [0.2, 0.25) is 5.02 Å². The molecule has 2 atom stereocenters. The number of hydrogen-bond donors (Lipinski definition) is 3. The fourth-order valence-corrected chi connectivity index (χ4v) is 3.99. The van der Waals surface area contributed by atoms with Gasteiger partial charge in [-0.1, -0.05) is 11.6 Å². The number of hydrogen-bond acceptors (Lipinski definition) is 5. The highest BCUT2D eigenvalue weighted by Gasteiger charge is 2.28. The molecule has 0 saturated heterocycles. The molecular formula is C21H25ClFN5O2. The lowest BCUT2D eigenvalue weighted by atomic mass is 10.0. The smallest absolute Gasteiger partial charge is 0.258 e. The predicted octanol–water partition coefficient (Wildman–Crippen LogP) is 3.14. The van der Waals surface area contributed by atoms with Gasteiger partial charge in [-0.25, -0.2) is 9.37 Å². The largest absolute Gasteiger partial charge is 0.398 e. The number of amides is 2. The van der Waals surface area contributed by atoms with E-state index in [0.29, 0.717) is 28.9 Å². The molecule has 0 spiro atoms. The van der Waals surface area contributed by atoms with Gasteiger partial charge in [0.05, 0.1) is 10.6 Å². The van der Waals surface area contributed by atoms with Crippen molar-refractivity contribution in [3.05, 3.63) is 40.8 Å². The Labute approximate surface area is 179 Å². The molecule has 1 aromatic heterocycles. The van der Waals surface area contributed by atoms with Crippen LogP contribution >= 0.6 is 11.6 Å². The van der Waals surface area contributed by atoms with Crippen LogP contribution in [0.4, 0.5) is 15.9 Å². The maximum absolute atomic E-state index is 15.1. The highest BCUT2D eigenvalue weighted by atomic mass is 35.5. The Balaban J connectivity index is 1.78. The average Bonchev–Trinajstić information content (AvgIpc) is 3.16. The molecule has 1 aliphatic carbocycles. The van der Waals surface area contributed by atoms with E-state index in [2.05, 4.69) is 10.3 Å². The van der Waals surface area contributed by atoms with Gasteiger partial charge in [-0.3, -0.25) is 9.59 Å². The Kier molecular flexibility index (Phi) is 6.45. The summed E-state index contributed by atoms with van der Waals surface area (Å²) in [6.45, 7) is 0.643. The number of carbonyl (C=O) groups excluding carboxylic acids is 2. The number of nitrogen functional groups attached to an aromatic ring is 1. The molecule has 3 rings (SSSR count). The van der Waals surface area contributed by atoms with Gasteiger partial charge < -0.3 is 21.7 Å².